The van der Waals surface area contributed by atoms with Gasteiger partial charge >= 0.3 is 12.2 Å². The number of imide groups is 1. The lowest BCUT2D eigenvalue weighted by atomic mass is 10.2. The molecule has 1 aliphatic carbocycles. The van der Waals surface area contributed by atoms with Crippen LogP contribution in [0.25, 0.3) is 11.0 Å². The summed E-state index contributed by atoms with van der Waals surface area (Å²) in [6.07, 6.45) is -2.67. The number of hydrogen-bond acceptors (Lipinski definition) is 4. The van der Waals surface area contributed by atoms with Gasteiger partial charge in [0.2, 0.25) is 5.91 Å². The van der Waals surface area contributed by atoms with Crippen LogP contribution >= 0.6 is 11.8 Å². The molecular weight excluding hydrogens is 429 g/mol. The number of urea groups is 1. The van der Waals surface area contributed by atoms with E-state index in [4.69, 9.17) is 0 Å². The van der Waals surface area contributed by atoms with Crippen molar-refractivity contribution in [2.45, 2.75) is 36.8 Å². The Balaban J connectivity index is 1.56. The molecule has 162 valence electrons. The molecule has 0 radical (unpaired) electrons. The molecule has 4 rings (SSSR count). The highest BCUT2D eigenvalue weighted by Gasteiger charge is 2.31. The number of thioether (sulfide) groups is 1. The molecule has 1 aromatic heterocycles. The molecule has 3 aromatic rings. The lowest BCUT2D eigenvalue weighted by Crippen LogP contribution is -2.41. The van der Waals surface area contributed by atoms with Crippen LogP contribution in [-0.4, -0.2) is 33.3 Å². The number of benzene rings is 2. The Bertz CT molecular complexity index is 1110. The summed E-state index contributed by atoms with van der Waals surface area (Å²) in [6, 6.07) is 12.4. The smallest absolute Gasteiger partial charge is 0.335 e. The second kappa shape index (κ2) is 8.62. The predicted octanol–water partition coefficient (Wildman–Crippen LogP) is 4.18. The minimum atomic E-state index is -4.47. The molecular formula is C21H19F3N4O2S. The SMILES string of the molecule is O=C(CSc1nc2cc(C(F)(F)F)ccc2n1Cc1ccccc1)NC(=O)NC1CC1. The molecule has 0 aliphatic heterocycles. The van der Waals surface area contributed by atoms with Gasteiger partial charge in [-0.05, 0) is 36.6 Å². The maximum Gasteiger partial charge on any atom is 0.416 e. The Morgan fingerprint density at radius 1 is 1.13 bits per heavy atom. The Morgan fingerprint density at radius 3 is 2.55 bits per heavy atom. The van der Waals surface area contributed by atoms with E-state index < -0.39 is 23.7 Å². The molecule has 0 bridgehead atoms. The fraction of sp³-hybridized carbons (Fsp3) is 0.286. The summed E-state index contributed by atoms with van der Waals surface area (Å²) in [5.41, 5.74) is 0.888. The maximum absolute atomic E-state index is 13.1. The lowest BCUT2D eigenvalue weighted by Gasteiger charge is -2.10. The van der Waals surface area contributed by atoms with Crippen LogP contribution in [0.3, 0.4) is 0 Å². The van der Waals surface area contributed by atoms with Crippen molar-refractivity contribution in [3.05, 3.63) is 59.7 Å². The number of fused-ring (bicyclic) bond motifs is 1. The van der Waals surface area contributed by atoms with Crippen molar-refractivity contribution in [3.8, 4) is 0 Å². The number of aromatic nitrogens is 2. The fourth-order valence-electron chi connectivity index (χ4n) is 3.05. The first-order valence-corrected chi connectivity index (χ1v) is 10.6. The minimum Gasteiger partial charge on any atom is -0.335 e. The van der Waals surface area contributed by atoms with Crippen LogP contribution in [-0.2, 0) is 17.5 Å². The predicted molar refractivity (Wildman–Crippen MR) is 111 cm³/mol. The summed E-state index contributed by atoms with van der Waals surface area (Å²) in [5.74, 6) is -0.597. The van der Waals surface area contributed by atoms with Gasteiger partial charge in [-0.2, -0.15) is 13.2 Å². The van der Waals surface area contributed by atoms with E-state index in [2.05, 4.69) is 15.6 Å². The third-order valence-corrected chi connectivity index (χ3v) is 5.70. The molecule has 0 saturated heterocycles. The second-order valence-electron chi connectivity index (χ2n) is 7.25. The fourth-order valence-corrected chi connectivity index (χ4v) is 3.87. The van der Waals surface area contributed by atoms with Crippen LogP contribution in [0.2, 0.25) is 0 Å². The molecule has 1 aliphatic rings. The number of nitrogens with one attached hydrogen (secondary N) is 2. The summed E-state index contributed by atoms with van der Waals surface area (Å²) >= 11 is 1.07. The van der Waals surface area contributed by atoms with E-state index in [9.17, 15) is 22.8 Å². The van der Waals surface area contributed by atoms with Gasteiger partial charge in [-0.15, -0.1) is 0 Å². The van der Waals surface area contributed by atoms with Crippen molar-refractivity contribution in [2.24, 2.45) is 0 Å². The number of rotatable bonds is 6. The molecule has 31 heavy (non-hydrogen) atoms. The van der Waals surface area contributed by atoms with Gasteiger partial charge in [0.15, 0.2) is 5.16 Å². The van der Waals surface area contributed by atoms with E-state index in [1.54, 1.807) is 4.57 Å². The zero-order chi connectivity index (χ0) is 22.0. The van der Waals surface area contributed by atoms with Gasteiger partial charge in [0.1, 0.15) is 0 Å². The van der Waals surface area contributed by atoms with Gasteiger partial charge in [0, 0.05) is 6.04 Å². The van der Waals surface area contributed by atoms with E-state index in [1.165, 1.54) is 6.07 Å². The van der Waals surface area contributed by atoms with Gasteiger partial charge < -0.3 is 9.88 Å². The first kappa shape index (κ1) is 21.2. The molecule has 1 fully saturated rings. The van der Waals surface area contributed by atoms with Crippen molar-refractivity contribution in [2.75, 3.05) is 5.75 Å². The molecule has 3 amide bonds. The van der Waals surface area contributed by atoms with Crippen molar-refractivity contribution < 1.29 is 22.8 Å². The molecule has 6 nitrogen and oxygen atoms in total. The van der Waals surface area contributed by atoms with Crippen LogP contribution in [0.5, 0.6) is 0 Å². The Kier molecular flexibility index (Phi) is 5.90. The Labute approximate surface area is 180 Å². The van der Waals surface area contributed by atoms with E-state index in [0.717, 1.165) is 42.3 Å². The van der Waals surface area contributed by atoms with Gasteiger partial charge in [-0.3, -0.25) is 10.1 Å². The highest BCUT2D eigenvalue weighted by atomic mass is 32.2. The molecule has 0 atom stereocenters. The number of halogens is 3. The van der Waals surface area contributed by atoms with E-state index >= 15 is 0 Å². The topological polar surface area (TPSA) is 76.0 Å². The largest absolute Gasteiger partial charge is 0.416 e. The van der Waals surface area contributed by atoms with Crippen LogP contribution in [0.4, 0.5) is 18.0 Å². The van der Waals surface area contributed by atoms with Crippen LogP contribution in [0, 0.1) is 0 Å². The van der Waals surface area contributed by atoms with Gasteiger partial charge in [0.05, 0.1) is 28.9 Å². The lowest BCUT2D eigenvalue weighted by molar-refractivity contribution is -0.137. The second-order valence-corrected chi connectivity index (χ2v) is 8.19. The summed E-state index contributed by atoms with van der Waals surface area (Å²) in [5, 5.41) is 5.32. The van der Waals surface area contributed by atoms with Crippen LogP contribution < -0.4 is 10.6 Å². The maximum atomic E-state index is 13.1. The third kappa shape index (κ3) is 5.38. The normalized spacial score (nSPS) is 13.9. The average molecular weight is 448 g/mol. The van der Waals surface area contributed by atoms with Crippen molar-refractivity contribution in [1.29, 1.82) is 0 Å². The number of imidazole rings is 1. The number of carbonyl (C=O) groups is 2. The molecule has 2 N–H and O–H groups in total. The zero-order valence-corrected chi connectivity index (χ0v) is 17.1. The van der Waals surface area contributed by atoms with E-state index in [1.807, 2.05) is 30.3 Å². The molecule has 0 spiro atoms. The highest BCUT2D eigenvalue weighted by Crippen LogP contribution is 2.33. The van der Waals surface area contributed by atoms with E-state index in [0.29, 0.717) is 17.2 Å². The standard InChI is InChI=1S/C21H19F3N4O2S/c22-21(23,24)14-6-9-17-16(10-14)26-20(28(17)11-13-4-2-1-3-5-13)31-12-18(29)27-19(30)25-15-7-8-15/h1-6,9-10,15H,7-8,11-12H2,(H2,25,27,29,30). The molecule has 0 unspecified atom stereocenters. The zero-order valence-electron chi connectivity index (χ0n) is 16.3. The van der Waals surface area contributed by atoms with Gasteiger partial charge in [-0.25, -0.2) is 9.78 Å². The number of nitrogens with zero attached hydrogens (tertiary/aromatic N) is 2. The number of alkyl halides is 3. The molecule has 2 aromatic carbocycles. The van der Waals surface area contributed by atoms with Crippen molar-refractivity contribution in [1.82, 2.24) is 20.2 Å². The van der Waals surface area contributed by atoms with E-state index in [-0.39, 0.29) is 17.3 Å². The molecule has 1 saturated carbocycles. The van der Waals surface area contributed by atoms with Crippen molar-refractivity contribution in [3.63, 3.8) is 0 Å². The monoisotopic (exact) mass is 448 g/mol. The Morgan fingerprint density at radius 2 is 1.87 bits per heavy atom. The molecule has 10 heteroatoms. The average Bonchev–Trinajstić information content (AvgIpc) is 3.46. The number of amides is 3. The minimum absolute atomic E-state index is 0.0949. The number of hydrogen-bond donors (Lipinski definition) is 2. The van der Waals surface area contributed by atoms with Crippen LogP contribution in [0.1, 0.15) is 24.0 Å². The first-order valence-electron chi connectivity index (χ1n) is 9.64. The Hall–Kier alpha value is -3.01. The first-order chi connectivity index (χ1) is 14.8. The van der Waals surface area contributed by atoms with Gasteiger partial charge in [-0.1, -0.05) is 42.1 Å². The van der Waals surface area contributed by atoms with Gasteiger partial charge in [0.25, 0.3) is 0 Å². The summed E-state index contributed by atoms with van der Waals surface area (Å²) in [7, 11) is 0. The number of carbonyl (C=O) groups excluding carboxylic acids is 2. The van der Waals surface area contributed by atoms with Crippen molar-refractivity contribution >= 4 is 34.7 Å². The molecule has 1 heterocycles. The quantitative estimate of drug-likeness (QED) is 0.555. The summed E-state index contributed by atoms with van der Waals surface area (Å²) in [4.78, 5) is 28.2. The summed E-state index contributed by atoms with van der Waals surface area (Å²) < 4.78 is 41.1. The summed E-state index contributed by atoms with van der Waals surface area (Å²) in [6.45, 7) is 0.384. The van der Waals surface area contributed by atoms with Crippen LogP contribution in [0.15, 0.2) is 53.7 Å². The highest BCUT2D eigenvalue weighted by molar-refractivity contribution is 7.99. The third-order valence-electron chi connectivity index (χ3n) is 4.72.